The number of aliphatic hydroxyl groups is 1. The molecule has 9 heteroatoms. The van der Waals surface area contributed by atoms with Crippen LogP contribution in [0.1, 0.15) is 29.7 Å². The van der Waals surface area contributed by atoms with E-state index >= 15 is 0 Å². The molecule has 0 bridgehead atoms. The quantitative estimate of drug-likeness (QED) is 0.217. The van der Waals surface area contributed by atoms with Crippen molar-refractivity contribution in [2.45, 2.75) is 19.9 Å². The molecule has 0 saturated carbocycles. The number of ether oxygens (including phenoxy) is 1. The largest absolute Gasteiger partial charge is 0.507 e. The zero-order chi connectivity index (χ0) is 25.4. The Bertz CT molecular complexity index is 1390. The Hall–Kier alpha value is -3.19. The summed E-state index contributed by atoms with van der Waals surface area (Å²) in [6, 6.07) is 12.8. The number of phenols is 1. The third kappa shape index (κ3) is 4.57. The van der Waals surface area contributed by atoms with E-state index in [0.29, 0.717) is 16.3 Å². The molecule has 3 aromatic rings. The number of aryl methyl sites for hydroxylation is 1. The van der Waals surface area contributed by atoms with Gasteiger partial charge in [-0.25, -0.2) is 0 Å². The van der Waals surface area contributed by atoms with Crippen LogP contribution in [0, 0.1) is 6.92 Å². The van der Waals surface area contributed by atoms with E-state index in [1.807, 2.05) is 6.92 Å². The first-order valence-electron chi connectivity index (χ1n) is 10.6. The van der Waals surface area contributed by atoms with E-state index in [2.05, 4.69) is 0 Å². The highest BCUT2D eigenvalue weighted by Gasteiger charge is 2.47. The van der Waals surface area contributed by atoms with Crippen molar-refractivity contribution in [3.05, 3.63) is 91.9 Å². The molecule has 1 atom stereocenters. The van der Waals surface area contributed by atoms with Crippen LogP contribution in [0.2, 0.25) is 15.1 Å². The summed E-state index contributed by atoms with van der Waals surface area (Å²) >= 11 is 18.5. The Balaban J connectivity index is 1.98. The summed E-state index contributed by atoms with van der Waals surface area (Å²) in [4.78, 5) is 27.8. The summed E-state index contributed by atoms with van der Waals surface area (Å²) in [5.41, 5.74) is 1.66. The summed E-state index contributed by atoms with van der Waals surface area (Å²) in [5, 5.41) is 22.3. The van der Waals surface area contributed by atoms with E-state index in [1.165, 1.54) is 35.2 Å². The molecular formula is C26H20Cl3NO5. The van der Waals surface area contributed by atoms with Gasteiger partial charge < -0.3 is 14.9 Å². The van der Waals surface area contributed by atoms with E-state index in [-0.39, 0.29) is 39.3 Å². The first-order chi connectivity index (χ1) is 16.6. The number of Topliss-reactive ketones (excluding diaryl/α,β-unsaturated/α-hetero) is 1. The molecule has 0 aromatic heterocycles. The number of nitrogens with zero attached hydrogens (tertiary/aromatic N) is 1. The molecular weight excluding hydrogens is 513 g/mol. The molecule has 6 nitrogen and oxygen atoms in total. The van der Waals surface area contributed by atoms with Crippen molar-refractivity contribution in [2.24, 2.45) is 0 Å². The number of halogens is 3. The Kier molecular flexibility index (Phi) is 6.99. The highest BCUT2D eigenvalue weighted by Crippen LogP contribution is 2.45. The predicted molar refractivity (Wildman–Crippen MR) is 137 cm³/mol. The van der Waals surface area contributed by atoms with Gasteiger partial charge in [-0.1, -0.05) is 46.9 Å². The highest BCUT2D eigenvalue weighted by atomic mass is 35.5. The van der Waals surface area contributed by atoms with Crippen molar-refractivity contribution in [1.82, 2.24) is 0 Å². The molecule has 1 amide bonds. The maximum atomic E-state index is 13.3. The normalized spacial score (nSPS) is 17.2. The third-order valence-electron chi connectivity index (χ3n) is 5.67. The maximum absolute atomic E-state index is 13.3. The van der Waals surface area contributed by atoms with Crippen molar-refractivity contribution in [3.8, 4) is 11.5 Å². The molecule has 1 fully saturated rings. The van der Waals surface area contributed by atoms with Crippen molar-refractivity contribution in [1.29, 1.82) is 0 Å². The van der Waals surface area contributed by atoms with Gasteiger partial charge in [0.1, 0.15) is 5.76 Å². The van der Waals surface area contributed by atoms with E-state index < -0.39 is 23.5 Å². The second-order valence-corrected chi connectivity index (χ2v) is 9.11. The average molecular weight is 533 g/mol. The number of phenolic OH excluding ortho intramolecular Hbond substituents is 1. The summed E-state index contributed by atoms with van der Waals surface area (Å²) in [6.07, 6.45) is 0. The predicted octanol–water partition coefficient (Wildman–Crippen LogP) is 6.69. The van der Waals surface area contributed by atoms with Gasteiger partial charge in [0.15, 0.2) is 11.5 Å². The van der Waals surface area contributed by atoms with Crippen LogP contribution in [-0.4, -0.2) is 28.5 Å². The zero-order valence-electron chi connectivity index (χ0n) is 18.7. The summed E-state index contributed by atoms with van der Waals surface area (Å²) < 4.78 is 5.51. The molecule has 1 saturated heterocycles. The number of aliphatic hydroxyl groups excluding tert-OH is 1. The number of rotatable bonds is 5. The lowest BCUT2D eigenvalue weighted by atomic mass is 9.94. The second kappa shape index (κ2) is 9.82. The SMILES string of the molecule is CCOc1cc(C2/C(=C(\O)c3ccc(Cl)c(Cl)c3)C(=O)C(=O)N2c2ccc(C)c(Cl)c2)ccc1O. The Morgan fingerprint density at radius 3 is 2.37 bits per heavy atom. The fourth-order valence-electron chi connectivity index (χ4n) is 3.92. The van der Waals surface area contributed by atoms with Gasteiger partial charge in [-0.05, 0) is 67.4 Å². The molecule has 0 radical (unpaired) electrons. The minimum Gasteiger partial charge on any atom is -0.507 e. The number of carbonyl (C=O) groups excluding carboxylic acids is 2. The first-order valence-corrected chi connectivity index (χ1v) is 11.8. The molecule has 0 spiro atoms. The van der Waals surface area contributed by atoms with Crippen molar-refractivity contribution < 1.29 is 24.5 Å². The van der Waals surface area contributed by atoms with Gasteiger partial charge in [-0.15, -0.1) is 0 Å². The fraction of sp³-hybridized carbons (Fsp3) is 0.154. The van der Waals surface area contributed by atoms with Crippen LogP contribution >= 0.6 is 34.8 Å². The Morgan fingerprint density at radius 1 is 0.971 bits per heavy atom. The number of hydrogen-bond donors (Lipinski definition) is 2. The van der Waals surface area contributed by atoms with Crippen LogP contribution in [0.15, 0.2) is 60.2 Å². The van der Waals surface area contributed by atoms with Crippen LogP contribution < -0.4 is 9.64 Å². The smallest absolute Gasteiger partial charge is 0.300 e. The van der Waals surface area contributed by atoms with Crippen molar-refractivity contribution >= 4 is 57.9 Å². The maximum Gasteiger partial charge on any atom is 0.300 e. The van der Waals surface area contributed by atoms with Crippen LogP contribution in [0.5, 0.6) is 11.5 Å². The summed E-state index contributed by atoms with van der Waals surface area (Å²) in [6.45, 7) is 3.86. The number of benzene rings is 3. The molecule has 2 N–H and O–H groups in total. The van der Waals surface area contributed by atoms with Gasteiger partial charge in [-0.3, -0.25) is 14.5 Å². The van der Waals surface area contributed by atoms with Crippen LogP contribution in [0.25, 0.3) is 5.76 Å². The van der Waals surface area contributed by atoms with Gasteiger partial charge in [-0.2, -0.15) is 0 Å². The molecule has 1 heterocycles. The van der Waals surface area contributed by atoms with Gasteiger partial charge in [0.25, 0.3) is 11.7 Å². The van der Waals surface area contributed by atoms with Gasteiger partial charge in [0.05, 0.1) is 28.3 Å². The minimum atomic E-state index is -1.04. The van der Waals surface area contributed by atoms with E-state index in [1.54, 1.807) is 31.2 Å². The highest BCUT2D eigenvalue weighted by molar-refractivity contribution is 6.52. The van der Waals surface area contributed by atoms with Crippen LogP contribution in [-0.2, 0) is 9.59 Å². The lowest BCUT2D eigenvalue weighted by Crippen LogP contribution is -2.29. The number of amides is 1. The molecule has 180 valence electrons. The number of hydrogen-bond acceptors (Lipinski definition) is 5. The molecule has 1 aliphatic rings. The van der Waals surface area contributed by atoms with Gasteiger partial charge >= 0.3 is 0 Å². The van der Waals surface area contributed by atoms with Crippen LogP contribution in [0.3, 0.4) is 0 Å². The topological polar surface area (TPSA) is 87.1 Å². The number of aromatic hydroxyl groups is 1. The standard InChI is InChI=1S/C26H20Cl3NO5/c1-3-35-21-11-14(6-9-20(21)31)23-22(24(32)15-5-8-17(27)19(29)10-15)25(33)26(34)30(23)16-7-4-13(2)18(28)12-16/h4-12,23,31-32H,3H2,1-2H3/b24-22+. The minimum absolute atomic E-state index is 0.101. The fourth-order valence-corrected chi connectivity index (χ4v) is 4.39. The number of carbonyl (C=O) groups is 2. The lowest BCUT2D eigenvalue weighted by molar-refractivity contribution is -0.132. The van der Waals surface area contributed by atoms with Gasteiger partial charge in [0, 0.05) is 16.3 Å². The Morgan fingerprint density at radius 2 is 1.71 bits per heavy atom. The molecule has 4 rings (SSSR count). The molecule has 3 aromatic carbocycles. The van der Waals surface area contributed by atoms with Crippen molar-refractivity contribution in [3.63, 3.8) is 0 Å². The summed E-state index contributed by atoms with van der Waals surface area (Å²) in [5.74, 6) is -2.08. The third-order valence-corrected chi connectivity index (χ3v) is 6.82. The average Bonchev–Trinajstić information content (AvgIpc) is 3.09. The number of ketones is 1. The van der Waals surface area contributed by atoms with E-state index in [4.69, 9.17) is 39.5 Å². The first kappa shape index (κ1) is 24.9. The molecule has 1 unspecified atom stereocenters. The molecule has 35 heavy (non-hydrogen) atoms. The molecule has 1 aliphatic heterocycles. The van der Waals surface area contributed by atoms with Gasteiger partial charge in [0.2, 0.25) is 0 Å². The van der Waals surface area contributed by atoms with Crippen molar-refractivity contribution in [2.75, 3.05) is 11.5 Å². The molecule has 0 aliphatic carbocycles. The van der Waals surface area contributed by atoms with Crippen LogP contribution in [0.4, 0.5) is 5.69 Å². The second-order valence-electron chi connectivity index (χ2n) is 7.89. The zero-order valence-corrected chi connectivity index (χ0v) is 20.9. The summed E-state index contributed by atoms with van der Waals surface area (Å²) in [7, 11) is 0. The van der Waals surface area contributed by atoms with E-state index in [0.717, 1.165) is 5.56 Å². The van der Waals surface area contributed by atoms with E-state index in [9.17, 15) is 19.8 Å². The monoisotopic (exact) mass is 531 g/mol. The lowest BCUT2D eigenvalue weighted by Gasteiger charge is -2.26. The number of anilines is 1. The Labute approximate surface area is 216 Å².